The molecule has 0 amide bonds. The van der Waals surface area contributed by atoms with E-state index in [1.54, 1.807) is 26.4 Å². The van der Waals surface area contributed by atoms with Crippen LogP contribution in [0.5, 0.6) is 11.5 Å². The molecule has 0 radical (unpaired) electrons. The molecule has 2 N–H and O–H groups in total. The van der Waals surface area contributed by atoms with Crippen molar-refractivity contribution in [2.45, 2.75) is 13.0 Å². The average Bonchev–Trinajstić information content (AvgIpc) is 2.38. The summed E-state index contributed by atoms with van der Waals surface area (Å²) in [5.41, 5.74) is 6.64. The number of hydrogen-bond donors (Lipinski definition) is 1. The zero-order valence-electron chi connectivity index (χ0n) is 11.0. The normalized spacial score (nSPS) is 10.2. The number of carbonyl (C=O) groups excluding carboxylic acids is 1. The lowest BCUT2D eigenvalue weighted by Gasteiger charge is -2.15. The molecule has 0 fully saturated rings. The summed E-state index contributed by atoms with van der Waals surface area (Å²) in [6.45, 7) is 0.629. The van der Waals surface area contributed by atoms with Gasteiger partial charge in [-0.3, -0.25) is 4.79 Å². The van der Waals surface area contributed by atoms with Gasteiger partial charge in [-0.15, -0.1) is 0 Å². The molecule has 1 aromatic rings. The molecule has 0 aromatic heterocycles. The minimum atomic E-state index is -0.0469. The number of ketones is 1. The quantitative estimate of drug-likeness (QED) is 0.743. The van der Waals surface area contributed by atoms with Gasteiger partial charge in [-0.25, -0.2) is 0 Å². The highest BCUT2D eigenvalue weighted by molar-refractivity contribution is 5.99. The molecule has 0 aliphatic carbocycles. The summed E-state index contributed by atoms with van der Waals surface area (Å²) in [7, 11) is 4.66. The summed E-state index contributed by atoms with van der Waals surface area (Å²) in [5, 5.41) is 0. The molecule has 0 heterocycles. The van der Waals surface area contributed by atoms with Crippen molar-refractivity contribution in [3.63, 3.8) is 0 Å². The van der Waals surface area contributed by atoms with Crippen LogP contribution in [-0.2, 0) is 11.3 Å². The molecule has 0 aliphatic rings. The maximum Gasteiger partial charge on any atom is 0.167 e. The van der Waals surface area contributed by atoms with Crippen LogP contribution < -0.4 is 15.2 Å². The third-order valence-electron chi connectivity index (χ3n) is 2.60. The molecule has 0 saturated carbocycles. The zero-order chi connectivity index (χ0) is 13.5. The van der Waals surface area contributed by atoms with Crippen molar-refractivity contribution < 1.29 is 19.0 Å². The van der Waals surface area contributed by atoms with Crippen LogP contribution in [0.2, 0.25) is 0 Å². The van der Waals surface area contributed by atoms with Crippen molar-refractivity contribution in [3.8, 4) is 11.5 Å². The summed E-state index contributed by atoms with van der Waals surface area (Å²) >= 11 is 0. The van der Waals surface area contributed by atoms with Gasteiger partial charge in [0.2, 0.25) is 0 Å². The van der Waals surface area contributed by atoms with E-state index in [2.05, 4.69) is 0 Å². The average molecular weight is 253 g/mol. The summed E-state index contributed by atoms with van der Waals surface area (Å²) in [5.74, 6) is 1.09. The Morgan fingerprint density at radius 2 is 1.94 bits per heavy atom. The van der Waals surface area contributed by atoms with Gasteiger partial charge in [-0.05, 0) is 18.7 Å². The Morgan fingerprint density at radius 1 is 1.22 bits per heavy atom. The smallest absolute Gasteiger partial charge is 0.167 e. The van der Waals surface area contributed by atoms with Crippen LogP contribution in [0.15, 0.2) is 12.1 Å². The van der Waals surface area contributed by atoms with Crippen molar-refractivity contribution in [3.05, 3.63) is 23.3 Å². The summed E-state index contributed by atoms with van der Waals surface area (Å²) < 4.78 is 15.7. The van der Waals surface area contributed by atoms with Crippen LogP contribution in [0.3, 0.4) is 0 Å². The van der Waals surface area contributed by atoms with E-state index in [1.807, 2.05) is 0 Å². The van der Waals surface area contributed by atoms with Gasteiger partial charge in [0.05, 0.1) is 32.0 Å². The van der Waals surface area contributed by atoms with Gasteiger partial charge in [-0.1, -0.05) is 0 Å². The Kier molecular flexibility index (Phi) is 5.61. The van der Waals surface area contributed by atoms with Crippen LogP contribution >= 0.6 is 0 Å². The highest BCUT2D eigenvalue weighted by Crippen LogP contribution is 2.33. The number of ether oxygens (including phenoxy) is 3. The van der Waals surface area contributed by atoms with Crippen molar-refractivity contribution >= 4 is 5.78 Å². The highest BCUT2D eigenvalue weighted by atomic mass is 16.5. The van der Waals surface area contributed by atoms with Gasteiger partial charge in [0.1, 0.15) is 11.5 Å². The van der Waals surface area contributed by atoms with E-state index in [0.29, 0.717) is 30.2 Å². The predicted octanol–water partition coefficient (Wildman–Crippen LogP) is 1.38. The van der Waals surface area contributed by atoms with Crippen LogP contribution in [0.4, 0.5) is 0 Å². The maximum atomic E-state index is 11.9. The topological polar surface area (TPSA) is 70.8 Å². The van der Waals surface area contributed by atoms with Crippen molar-refractivity contribution in [2.24, 2.45) is 5.73 Å². The third kappa shape index (κ3) is 3.00. The molecule has 0 atom stereocenters. The molecular weight excluding hydrogens is 234 g/mol. The van der Waals surface area contributed by atoms with Gasteiger partial charge < -0.3 is 19.9 Å². The lowest BCUT2D eigenvalue weighted by atomic mass is 10.0. The maximum absolute atomic E-state index is 11.9. The monoisotopic (exact) mass is 253 g/mol. The second-order valence-corrected chi connectivity index (χ2v) is 3.72. The molecule has 1 aromatic carbocycles. The van der Waals surface area contributed by atoms with Crippen LogP contribution in [0, 0.1) is 0 Å². The standard InChI is InChI=1S/C13H19NO4/c1-16-8-10-12(17-2)5-4-9(13(10)18-3)11(15)6-7-14/h4-5H,6-8,14H2,1-3H3. The minimum absolute atomic E-state index is 0.0469. The van der Waals surface area contributed by atoms with Crippen molar-refractivity contribution in [1.82, 2.24) is 0 Å². The number of Topliss-reactive ketones (excluding diaryl/α,β-unsaturated/α-hetero) is 1. The molecule has 0 spiro atoms. The lowest BCUT2D eigenvalue weighted by molar-refractivity contribution is 0.0981. The van der Waals surface area contributed by atoms with E-state index >= 15 is 0 Å². The number of carbonyl (C=O) groups is 1. The van der Waals surface area contributed by atoms with E-state index in [0.717, 1.165) is 5.56 Å². The van der Waals surface area contributed by atoms with Crippen molar-refractivity contribution in [2.75, 3.05) is 27.9 Å². The van der Waals surface area contributed by atoms with E-state index in [9.17, 15) is 4.79 Å². The molecule has 100 valence electrons. The Bertz CT molecular complexity index is 418. The van der Waals surface area contributed by atoms with Crippen LogP contribution in [0.1, 0.15) is 22.3 Å². The van der Waals surface area contributed by atoms with Gasteiger partial charge >= 0.3 is 0 Å². The number of methoxy groups -OCH3 is 3. The first-order valence-corrected chi connectivity index (χ1v) is 5.65. The molecule has 1 rings (SSSR count). The van der Waals surface area contributed by atoms with Gasteiger partial charge in [0.25, 0.3) is 0 Å². The highest BCUT2D eigenvalue weighted by Gasteiger charge is 2.19. The zero-order valence-corrected chi connectivity index (χ0v) is 11.0. The first kappa shape index (κ1) is 14.5. The second kappa shape index (κ2) is 6.98. The SMILES string of the molecule is COCc1c(OC)ccc(C(=O)CCN)c1OC. The molecule has 0 saturated heterocycles. The van der Waals surface area contributed by atoms with E-state index in [4.69, 9.17) is 19.9 Å². The number of nitrogens with two attached hydrogens (primary N) is 1. The molecule has 5 nitrogen and oxygen atoms in total. The molecule has 5 heteroatoms. The summed E-state index contributed by atoms with van der Waals surface area (Å²) in [6, 6.07) is 3.43. The fraction of sp³-hybridized carbons (Fsp3) is 0.462. The van der Waals surface area contributed by atoms with Gasteiger partial charge in [-0.2, -0.15) is 0 Å². The Hall–Kier alpha value is -1.59. The molecule has 18 heavy (non-hydrogen) atoms. The van der Waals surface area contributed by atoms with E-state index in [1.165, 1.54) is 7.11 Å². The Labute approximate surface area is 107 Å². The van der Waals surface area contributed by atoms with E-state index < -0.39 is 0 Å². The summed E-state index contributed by atoms with van der Waals surface area (Å²) in [6.07, 6.45) is 0.287. The largest absolute Gasteiger partial charge is 0.496 e. The Balaban J connectivity index is 3.27. The first-order valence-electron chi connectivity index (χ1n) is 5.65. The Morgan fingerprint density at radius 3 is 2.44 bits per heavy atom. The van der Waals surface area contributed by atoms with Crippen molar-refractivity contribution in [1.29, 1.82) is 0 Å². The lowest BCUT2D eigenvalue weighted by Crippen LogP contribution is -2.11. The second-order valence-electron chi connectivity index (χ2n) is 3.72. The molecule has 0 unspecified atom stereocenters. The van der Waals surface area contributed by atoms with E-state index in [-0.39, 0.29) is 12.2 Å². The minimum Gasteiger partial charge on any atom is -0.496 e. The first-order chi connectivity index (χ1) is 8.69. The predicted molar refractivity (Wildman–Crippen MR) is 68.3 cm³/mol. The molecular formula is C13H19NO4. The number of rotatable bonds is 7. The van der Waals surface area contributed by atoms with Gasteiger partial charge in [0.15, 0.2) is 5.78 Å². The number of benzene rings is 1. The number of hydrogen-bond acceptors (Lipinski definition) is 5. The molecule has 0 aliphatic heterocycles. The van der Waals surface area contributed by atoms with Crippen LogP contribution in [0.25, 0.3) is 0 Å². The summed E-state index contributed by atoms with van der Waals surface area (Å²) in [4.78, 5) is 11.9. The molecule has 0 bridgehead atoms. The third-order valence-corrected chi connectivity index (χ3v) is 2.60. The van der Waals surface area contributed by atoms with Crippen LogP contribution in [-0.4, -0.2) is 33.7 Å². The van der Waals surface area contributed by atoms with Gasteiger partial charge in [0, 0.05) is 13.5 Å². The fourth-order valence-corrected chi connectivity index (χ4v) is 1.80. The fourth-order valence-electron chi connectivity index (χ4n) is 1.80.